The molecule has 0 unspecified atom stereocenters. The molecule has 2 aromatic rings. The molecule has 0 aliphatic carbocycles. The smallest absolute Gasteiger partial charge is 0.325 e. The molecule has 0 amide bonds. The van der Waals surface area contributed by atoms with Gasteiger partial charge in [0.1, 0.15) is 12.6 Å². The fraction of sp³-hybridized carbons (Fsp3) is 0.375. The zero-order valence-corrected chi connectivity index (χ0v) is 13.2. The van der Waals surface area contributed by atoms with Gasteiger partial charge in [-0.05, 0) is 38.1 Å². The van der Waals surface area contributed by atoms with Crippen molar-refractivity contribution in [2.75, 3.05) is 13.1 Å². The van der Waals surface area contributed by atoms with Gasteiger partial charge >= 0.3 is 11.9 Å². The molecule has 1 atom stereocenters. The molecule has 0 bridgehead atoms. The Morgan fingerprint density at radius 2 is 1.91 bits per heavy atom. The summed E-state index contributed by atoms with van der Waals surface area (Å²) < 4.78 is 1.55. The lowest BCUT2D eigenvalue weighted by atomic mass is 10.0. The first-order chi connectivity index (χ1) is 11.0. The minimum absolute atomic E-state index is 0.233. The van der Waals surface area contributed by atoms with E-state index in [1.165, 1.54) is 0 Å². The number of carboxylic acid groups (broad SMARTS) is 2. The highest BCUT2D eigenvalue weighted by Gasteiger charge is 2.32. The van der Waals surface area contributed by atoms with Crippen LogP contribution in [-0.2, 0) is 16.1 Å². The van der Waals surface area contributed by atoms with Crippen LogP contribution in [0.2, 0.25) is 5.02 Å². The number of hydrogen-bond acceptors (Lipinski definition) is 3. The molecule has 2 N–H and O–H groups in total. The van der Waals surface area contributed by atoms with Gasteiger partial charge in [0.05, 0.1) is 5.52 Å². The number of benzene rings is 1. The van der Waals surface area contributed by atoms with E-state index < -0.39 is 18.0 Å². The van der Waals surface area contributed by atoms with Crippen LogP contribution in [0.3, 0.4) is 0 Å². The number of nitrogens with zero attached hydrogens (tertiary/aromatic N) is 2. The average molecular weight is 337 g/mol. The number of aliphatic carboxylic acids is 2. The van der Waals surface area contributed by atoms with Crippen molar-refractivity contribution in [2.45, 2.75) is 25.4 Å². The number of rotatable bonds is 5. The van der Waals surface area contributed by atoms with E-state index in [2.05, 4.69) is 0 Å². The SMILES string of the molecule is O=C(O)Cn1cc([C@@H](C(=O)O)N2CCCC2)c2ccc(Cl)cc21. The highest BCUT2D eigenvalue weighted by molar-refractivity contribution is 6.31. The summed E-state index contributed by atoms with van der Waals surface area (Å²) in [4.78, 5) is 24.8. The Balaban J connectivity index is 2.15. The Labute approximate surface area is 137 Å². The first-order valence-corrected chi connectivity index (χ1v) is 7.82. The summed E-state index contributed by atoms with van der Waals surface area (Å²) in [5, 5.41) is 20.0. The Hall–Kier alpha value is -2.05. The molecule has 2 heterocycles. The van der Waals surface area contributed by atoms with Crippen LogP contribution < -0.4 is 0 Å². The largest absolute Gasteiger partial charge is 0.480 e. The van der Waals surface area contributed by atoms with Gasteiger partial charge in [0.15, 0.2) is 0 Å². The van der Waals surface area contributed by atoms with Gasteiger partial charge in [0, 0.05) is 22.2 Å². The van der Waals surface area contributed by atoms with E-state index in [0.29, 0.717) is 16.1 Å². The quantitative estimate of drug-likeness (QED) is 0.877. The van der Waals surface area contributed by atoms with Crippen LogP contribution in [0.4, 0.5) is 0 Å². The molecule has 7 heteroatoms. The van der Waals surface area contributed by atoms with E-state index in [4.69, 9.17) is 16.7 Å². The lowest BCUT2D eigenvalue weighted by Gasteiger charge is -2.23. The zero-order valence-electron chi connectivity index (χ0n) is 12.4. The number of aromatic nitrogens is 1. The van der Waals surface area contributed by atoms with Gasteiger partial charge in [-0.15, -0.1) is 0 Å². The third-order valence-electron chi connectivity index (χ3n) is 4.22. The molecule has 0 radical (unpaired) electrons. The van der Waals surface area contributed by atoms with Crippen molar-refractivity contribution in [1.29, 1.82) is 0 Å². The molecule has 23 heavy (non-hydrogen) atoms. The number of halogens is 1. The van der Waals surface area contributed by atoms with Crippen LogP contribution in [0.25, 0.3) is 10.9 Å². The summed E-state index contributed by atoms with van der Waals surface area (Å²) in [6, 6.07) is 4.36. The van der Waals surface area contributed by atoms with E-state index in [0.717, 1.165) is 31.3 Å². The molecule has 1 aliphatic heterocycles. The highest BCUT2D eigenvalue weighted by atomic mass is 35.5. The first kappa shape index (κ1) is 15.8. The normalized spacial score (nSPS) is 16.7. The van der Waals surface area contributed by atoms with Gasteiger partial charge in [0.2, 0.25) is 0 Å². The Bertz CT molecular complexity index is 765. The van der Waals surface area contributed by atoms with Crippen molar-refractivity contribution < 1.29 is 19.8 Å². The van der Waals surface area contributed by atoms with Crippen LogP contribution >= 0.6 is 11.6 Å². The van der Waals surface area contributed by atoms with E-state index in [1.54, 1.807) is 29.0 Å². The number of fused-ring (bicyclic) bond motifs is 1. The van der Waals surface area contributed by atoms with Crippen LogP contribution in [0.5, 0.6) is 0 Å². The van der Waals surface area contributed by atoms with Gasteiger partial charge in [-0.2, -0.15) is 0 Å². The zero-order chi connectivity index (χ0) is 16.6. The van der Waals surface area contributed by atoms with Crippen LogP contribution in [0.15, 0.2) is 24.4 Å². The maximum absolute atomic E-state index is 11.8. The van der Waals surface area contributed by atoms with Crippen molar-refractivity contribution >= 4 is 34.4 Å². The second kappa shape index (κ2) is 6.22. The number of likely N-dealkylation sites (tertiary alicyclic amines) is 1. The van der Waals surface area contributed by atoms with E-state index >= 15 is 0 Å². The Morgan fingerprint density at radius 3 is 2.52 bits per heavy atom. The van der Waals surface area contributed by atoms with Crippen molar-refractivity contribution in [2.24, 2.45) is 0 Å². The lowest BCUT2D eigenvalue weighted by molar-refractivity contribution is -0.143. The Morgan fingerprint density at radius 1 is 1.22 bits per heavy atom. The molecule has 6 nitrogen and oxygen atoms in total. The molecule has 0 saturated carbocycles. The summed E-state index contributed by atoms with van der Waals surface area (Å²) >= 11 is 6.02. The van der Waals surface area contributed by atoms with Crippen LogP contribution in [0.1, 0.15) is 24.4 Å². The van der Waals surface area contributed by atoms with E-state index in [-0.39, 0.29) is 6.54 Å². The lowest BCUT2D eigenvalue weighted by Crippen LogP contribution is -2.31. The molecular weight excluding hydrogens is 320 g/mol. The maximum atomic E-state index is 11.8. The molecule has 122 valence electrons. The van der Waals surface area contributed by atoms with Crippen molar-refractivity contribution in [3.63, 3.8) is 0 Å². The maximum Gasteiger partial charge on any atom is 0.325 e. The summed E-state index contributed by atoms with van der Waals surface area (Å²) in [6.07, 6.45) is 3.58. The van der Waals surface area contributed by atoms with Gasteiger partial charge in [0.25, 0.3) is 0 Å². The minimum atomic E-state index is -0.985. The summed E-state index contributed by atoms with van der Waals surface area (Å²) in [5.41, 5.74) is 1.26. The number of carbonyl (C=O) groups is 2. The molecule has 1 aromatic heterocycles. The number of carboxylic acids is 2. The van der Waals surface area contributed by atoms with E-state index in [1.807, 2.05) is 4.90 Å². The average Bonchev–Trinajstić information content (AvgIpc) is 3.08. The third-order valence-corrected chi connectivity index (χ3v) is 4.45. The second-order valence-corrected chi connectivity index (χ2v) is 6.19. The molecule has 1 aromatic carbocycles. The molecule has 1 aliphatic rings. The van der Waals surface area contributed by atoms with Crippen LogP contribution in [0, 0.1) is 0 Å². The molecule has 3 rings (SSSR count). The summed E-state index contributed by atoms with van der Waals surface area (Å²) in [7, 11) is 0. The monoisotopic (exact) mass is 336 g/mol. The molecule has 1 saturated heterocycles. The van der Waals surface area contributed by atoms with Gasteiger partial charge in [-0.25, -0.2) is 0 Å². The fourth-order valence-corrected chi connectivity index (χ4v) is 3.44. The molecule has 1 fully saturated rings. The van der Waals surface area contributed by atoms with Crippen molar-refractivity contribution in [3.8, 4) is 0 Å². The van der Waals surface area contributed by atoms with E-state index in [9.17, 15) is 14.7 Å². The van der Waals surface area contributed by atoms with Crippen molar-refractivity contribution in [3.05, 3.63) is 35.0 Å². The predicted octanol–water partition coefficient (Wildman–Crippen LogP) is 2.60. The topological polar surface area (TPSA) is 82.8 Å². The Kier molecular flexibility index (Phi) is 4.28. The van der Waals surface area contributed by atoms with Gasteiger partial charge in [-0.1, -0.05) is 17.7 Å². The van der Waals surface area contributed by atoms with Gasteiger partial charge < -0.3 is 14.8 Å². The summed E-state index contributed by atoms with van der Waals surface area (Å²) in [5.74, 6) is -1.90. The number of hydrogen-bond donors (Lipinski definition) is 2. The minimum Gasteiger partial charge on any atom is -0.480 e. The fourth-order valence-electron chi connectivity index (χ4n) is 3.27. The predicted molar refractivity (Wildman–Crippen MR) is 85.8 cm³/mol. The van der Waals surface area contributed by atoms with Crippen LogP contribution in [-0.4, -0.2) is 44.7 Å². The summed E-state index contributed by atoms with van der Waals surface area (Å²) in [6.45, 7) is 1.23. The standard InChI is InChI=1S/C16H17ClN2O4/c17-10-3-4-11-12(8-19(9-14(20)21)13(11)7-10)15(16(22)23)18-5-1-2-6-18/h3-4,7-8,15H,1-2,5-6,9H2,(H,20,21)(H,22,23)/t15-/m0/s1. The third kappa shape index (κ3) is 3.04. The van der Waals surface area contributed by atoms with Gasteiger partial charge in [-0.3, -0.25) is 14.5 Å². The van der Waals surface area contributed by atoms with Crippen molar-refractivity contribution in [1.82, 2.24) is 9.47 Å². The molecular formula is C16H17ClN2O4. The molecule has 0 spiro atoms. The highest BCUT2D eigenvalue weighted by Crippen LogP contribution is 2.33. The first-order valence-electron chi connectivity index (χ1n) is 7.44. The second-order valence-electron chi connectivity index (χ2n) is 5.75.